The first-order valence-corrected chi connectivity index (χ1v) is 4.94. The average Bonchev–Trinajstić information content (AvgIpc) is 2.29. The minimum Gasteiger partial charge on any atom is -0.383 e. The number of hydrogen-bond donors (Lipinski definition) is 1. The maximum atomic E-state index is 11.7. The van der Waals surface area contributed by atoms with E-state index in [1.807, 2.05) is 0 Å². The summed E-state index contributed by atoms with van der Waals surface area (Å²) in [6.45, 7) is -0.0617. The molecular formula is C10H12F2N2O3. The average molecular weight is 246 g/mol. The second-order valence-electron chi connectivity index (χ2n) is 3.20. The Morgan fingerprint density at radius 3 is 2.53 bits per heavy atom. The topological polar surface area (TPSA) is 64.4 Å². The molecule has 1 rings (SSSR count). The zero-order valence-electron chi connectivity index (χ0n) is 8.94. The summed E-state index contributed by atoms with van der Waals surface area (Å²) in [5.41, 5.74) is 0.681. The summed E-state index contributed by atoms with van der Waals surface area (Å²) in [7, 11) is 0. The van der Waals surface area contributed by atoms with Crippen LogP contribution in [0.2, 0.25) is 0 Å². The van der Waals surface area contributed by atoms with Crippen molar-refractivity contribution in [1.82, 2.24) is 0 Å². The van der Waals surface area contributed by atoms with Gasteiger partial charge in [-0.05, 0) is 12.1 Å². The standard InChI is InChI=1S/C10H12F2N2O3/c11-10(12)7-17-6-5-13-8-1-3-9(4-2-8)14(15)16/h1-4,10,13H,5-7H2. The van der Waals surface area contributed by atoms with Crippen LogP contribution in [0.1, 0.15) is 0 Å². The quantitative estimate of drug-likeness (QED) is 0.455. The summed E-state index contributed by atoms with van der Waals surface area (Å²) < 4.78 is 28.0. The fraction of sp³-hybridized carbons (Fsp3) is 0.400. The zero-order valence-corrected chi connectivity index (χ0v) is 8.94. The van der Waals surface area contributed by atoms with E-state index in [1.54, 1.807) is 12.1 Å². The van der Waals surface area contributed by atoms with Gasteiger partial charge in [0.2, 0.25) is 0 Å². The lowest BCUT2D eigenvalue weighted by atomic mass is 10.3. The molecule has 0 fully saturated rings. The molecule has 0 aromatic heterocycles. The fourth-order valence-electron chi connectivity index (χ4n) is 1.14. The van der Waals surface area contributed by atoms with Gasteiger partial charge in [-0.15, -0.1) is 0 Å². The molecule has 0 spiro atoms. The highest BCUT2D eigenvalue weighted by Crippen LogP contribution is 2.14. The number of nitrogens with zero attached hydrogens (tertiary/aromatic N) is 1. The van der Waals surface area contributed by atoms with Gasteiger partial charge in [-0.2, -0.15) is 0 Å². The molecule has 0 radical (unpaired) electrons. The van der Waals surface area contributed by atoms with E-state index in [0.29, 0.717) is 12.2 Å². The van der Waals surface area contributed by atoms with Gasteiger partial charge in [0.05, 0.1) is 11.5 Å². The summed E-state index contributed by atoms with van der Waals surface area (Å²) in [5.74, 6) is 0. The Kier molecular flexibility index (Phi) is 5.28. The van der Waals surface area contributed by atoms with Gasteiger partial charge in [0.15, 0.2) is 0 Å². The van der Waals surface area contributed by atoms with Crippen molar-refractivity contribution in [2.45, 2.75) is 6.43 Å². The minimum absolute atomic E-state index is 0.00417. The smallest absolute Gasteiger partial charge is 0.269 e. The van der Waals surface area contributed by atoms with Crippen molar-refractivity contribution in [3.8, 4) is 0 Å². The van der Waals surface area contributed by atoms with Crippen LogP contribution in [0.5, 0.6) is 0 Å². The molecule has 0 aliphatic carbocycles. The molecule has 0 aliphatic heterocycles. The van der Waals surface area contributed by atoms with Crippen molar-refractivity contribution < 1.29 is 18.4 Å². The van der Waals surface area contributed by atoms with Crippen LogP contribution in [-0.2, 0) is 4.74 Å². The number of nitrogens with one attached hydrogen (secondary N) is 1. The number of anilines is 1. The molecule has 0 saturated heterocycles. The Morgan fingerprint density at radius 2 is 2.00 bits per heavy atom. The third kappa shape index (κ3) is 5.21. The van der Waals surface area contributed by atoms with Gasteiger partial charge in [-0.3, -0.25) is 10.1 Å². The molecule has 7 heteroatoms. The Bertz CT molecular complexity index is 357. The molecule has 1 aromatic carbocycles. The van der Waals surface area contributed by atoms with Crippen LogP contribution in [0, 0.1) is 10.1 Å². The Hall–Kier alpha value is -1.76. The van der Waals surface area contributed by atoms with E-state index in [0.717, 1.165) is 0 Å². The van der Waals surface area contributed by atoms with Crippen molar-refractivity contribution in [1.29, 1.82) is 0 Å². The number of alkyl halides is 2. The van der Waals surface area contributed by atoms with Gasteiger partial charge in [0.25, 0.3) is 12.1 Å². The van der Waals surface area contributed by atoms with Crippen LogP contribution in [0.4, 0.5) is 20.2 Å². The zero-order chi connectivity index (χ0) is 12.7. The Labute approximate surface area is 96.5 Å². The number of ether oxygens (including phenoxy) is 1. The number of nitro groups is 1. The lowest BCUT2D eigenvalue weighted by molar-refractivity contribution is -0.384. The summed E-state index contributed by atoms with van der Waals surface area (Å²) >= 11 is 0. The first-order chi connectivity index (χ1) is 8.09. The molecule has 94 valence electrons. The normalized spacial score (nSPS) is 10.5. The van der Waals surface area contributed by atoms with E-state index < -0.39 is 18.0 Å². The number of halogens is 2. The van der Waals surface area contributed by atoms with Gasteiger partial charge < -0.3 is 10.1 Å². The molecule has 1 N–H and O–H groups in total. The number of rotatable bonds is 7. The van der Waals surface area contributed by atoms with E-state index in [4.69, 9.17) is 0 Å². The van der Waals surface area contributed by atoms with E-state index >= 15 is 0 Å². The molecule has 1 aromatic rings. The van der Waals surface area contributed by atoms with Gasteiger partial charge in [0.1, 0.15) is 6.61 Å². The summed E-state index contributed by atoms with van der Waals surface area (Å²) in [5, 5.41) is 13.3. The van der Waals surface area contributed by atoms with Gasteiger partial charge in [0, 0.05) is 24.4 Å². The predicted octanol–water partition coefficient (Wildman–Crippen LogP) is 2.29. The molecule has 17 heavy (non-hydrogen) atoms. The lowest BCUT2D eigenvalue weighted by Gasteiger charge is -2.06. The minimum atomic E-state index is -2.46. The second-order valence-corrected chi connectivity index (χ2v) is 3.20. The number of hydrogen-bond acceptors (Lipinski definition) is 4. The highest BCUT2D eigenvalue weighted by Gasteiger charge is 2.03. The summed E-state index contributed by atoms with van der Waals surface area (Å²) in [6, 6.07) is 5.82. The van der Waals surface area contributed by atoms with Crippen molar-refractivity contribution in [2.24, 2.45) is 0 Å². The highest BCUT2D eigenvalue weighted by atomic mass is 19.3. The van der Waals surface area contributed by atoms with Crippen LogP contribution >= 0.6 is 0 Å². The summed E-state index contributed by atoms with van der Waals surface area (Å²) in [6.07, 6.45) is -2.46. The Balaban J connectivity index is 2.25. The first kappa shape index (κ1) is 13.3. The maximum absolute atomic E-state index is 11.7. The monoisotopic (exact) mass is 246 g/mol. The molecule has 0 amide bonds. The van der Waals surface area contributed by atoms with Crippen LogP contribution in [-0.4, -0.2) is 31.1 Å². The van der Waals surface area contributed by atoms with Crippen LogP contribution in [0.25, 0.3) is 0 Å². The van der Waals surface area contributed by atoms with E-state index in [1.165, 1.54) is 12.1 Å². The highest BCUT2D eigenvalue weighted by molar-refractivity contribution is 5.48. The first-order valence-electron chi connectivity index (χ1n) is 4.94. The number of benzene rings is 1. The predicted molar refractivity (Wildman–Crippen MR) is 58.4 cm³/mol. The van der Waals surface area contributed by atoms with Crippen LogP contribution < -0.4 is 5.32 Å². The lowest BCUT2D eigenvalue weighted by Crippen LogP contribution is -2.13. The van der Waals surface area contributed by atoms with E-state index in [2.05, 4.69) is 10.1 Å². The van der Waals surface area contributed by atoms with Crippen LogP contribution in [0.3, 0.4) is 0 Å². The fourth-order valence-corrected chi connectivity index (χ4v) is 1.14. The molecular weight excluding hydrogens is 234 g/mol. The second kappa shape index (κ2) is 6.74. The van der Waals surface area contributed by atoms with Gasteiger partial charge in [-0.25, -0.2) is 8.78 Å². The third-order valence-corrected chi connectivity index (χ3v) is 1.90. The van der Waals surface area contributed by atoms with E-state index in [-0.39, 0.29) is 12.3 Å². The van der Waals surface area contributed by atoms with E-state index in [9.17, 15) is 18.9 Å². The molecule has 0 saturated carbocycles. The van der Waals surface area contributed by atoms with Gasteiger partial charge in [-0.1, -0.05) is 0 Å². The largest absolute Gasteiger partial charge is 0.383 e. The maximum Gasteiger partial charge on any atom is 0.269 e. The number of non-ortho nitro benzene ring substituents is 1. The molecule has 0 unspecified atom stereocenters. The molecule has 0 atom stereocenters. The van der Waals surface area contributed by atoms with Crippen molar-refractivity contribution in [3.63, 3.8) is 0 Å². The molecule has 0 bridgehead atoms. The number of nitro benzene ring substituents is 1. The van der Waals surface area contributed by atoms with Gasteiger partial charge >= 0.3 is 0 Å². The van der Waals surface area contributed by atoms with Crippen molar-refractivity contribution >= 4 is 11.4 Å². The van der Waals surface area contributed by atoms with Crippen molar-refractivity contribution in [3.05, 3.63) is 34.4 Å². The summed E-state index contributed by atoms with van der Waals surface area (Å²) in [4.78, 5) is 9.88. The molecule has 5 nitrogen and oxygen atoms in total. The molecule has 0 aliphatic rings. The van der Waals surface area contributed by atoms with Crippen LogP contribution in [0.15, 0.2) is 24.3 Å². The SMILES string of the molecule is O=[N+]([O-])c1ccc(NCCOCC(F)F)cc1. The Morgan fingerprint density at radius 1 is 1.35 bits per heavy atom. The van der Waals surface area contributed by atoms with Crippen molar-refractivity contribution in [2.75, 3.05) is 25.1 Å². The molecule has 0 heterocycles. The third-order valence-electron chi connectivity index (χ3n) is 1.90.